The van der Waals surface area contributed by atoms with E-state index in [-0.39, 0.29) is 28.6 Å². The predicted octanol–water partition coefficient (Wildman–Crippen LogP) is 12.5. The van der Waals surface area contributed by atoms with Crippen molar-refractivity contribution in [2.24, 2.45) is 0 Å². The maximum Gasteiger partial charge on any atom is 0.252 e. The second-order valence-corrected chi connectivity index (χ2v) is 27.4. The third-order valence-electron chi connectivity index (χ3n) is 18.0. The van der Waals surface area contributed by atoms with Gasteiger partial charge in [0.15, 0.2) is 0 Å². The maximum atomic E-state index is 2.96. The molecule has 3 nitrogen and oxygen atoms in total. The minimum Gasteiger partial charge on any atom is -0.335 e. The van der Waals surface area contributed by atoms with Crippen molar-refractivity contribution in [3.63, 3.8) is 0 Å². The second-order valence-electron chi connectivity index (χ2n) is 22.3. The zero-order valence-electron chi connectivity index (χ0n) is 39.5. The Kier molecular flexibility index (Phi) is 8.03. The first-order valence-electron chi connectivity index (χ1n) is 24.5. The SMILES string of the molecule is Cc1ccc(N2c3ccc(C)cc3B3c4cc([Si](C)(C)C)cc5c4N(c4cc(N6c7ccccc7C7(C)CCc8ccccc8C67C)cc2c43)C2(C)CCCCC52c2ccccc2)cc1. The first kappa shape index (κ1) is 39.6. The largest absolute Gasteiger partial charge is 0.335 e. The lowest BCUT2D eigenvalue weighted by molar-refractivity contribution is 0.215. The normalized spacial score (nSPS) is 25.3. The number of nitrogens with zero attached hydrogens (tertiary/aromatic N) is 3. The Labute approximate surface area is 388 Å². The smallest absolute Gasteiger partial charge is 0.252 e. The molecule has 0 spiro atoms. The topological polar surface area (TPSA) is 9.72 Å². The highest BCUT2D eigenvalue weighted by Crippen LogP contribution is 2.67. The molecule has 5 heteroatoms. The van der Waals surface area contributed by atoms with E-state index in [2.05, 4.69) is 215 Å². The molecule has 1 fully saturated rings. The second kappa shape index (κ2) is 13.2. The number of anilines is 7. The van der Waals surface area contributed by atoms with Crippen molar-refractivity contribution < 1.29 is 0 Å². The van der Waals surface area contributed by atoms with Crippen molar-refractivity contribution >= 4 is 76.2 Å². The van der Waals surface area contributed by atoms with Crippen LogP contribution in [0.1, 0.15) is 91.8 Å². The monoisotopic (exact) mass is 861 g/mol. The van der Waals surface area contributed by atoms with Crippen molar-refractivity contribution in [1.29, 1.82) is 0 Å². The molecular formula is C60H60BN3Si. The fourth-order valence-electron chi connectivity index (χ4n) is 14.7. The van der Waals surface area contributed by atoms with Crippen molar-refractivity contribution in [1.82, 2.24) is 0 Å². The lowest BCUT2D eigenvalue weighted by Crippen LogP contribution is -2.65. The Bertz CT molecular complexity index is 3150. The van der Waals surface area contributed by atoms with E-state index in [1.54, 1.807) is 10.8 Å². The molecule has 0 N–H and O–H groups in total. The van der Waals surface area contributed by atoms with Gasteiger partial charge in [-0.25, -0.2) is 0 Å². The summed E-state index contributed by atoms with van der Waals surface area (Å²) in [6, 6.07) is 57.9. The van der Waals surface area contributed by atoms with Gasteiger partial charge in [-0.05, 0) is 134 Å². The van der Waals surface area contributed by atoms with Crippen molar-refractivity contribution in [2.45, 2.75) is 115 Å². The lowest BCUT2D eigenvalue weighted by atomic mass is 9.33. The van der Waals surface area contributed by atoms with Gasteiger partial charge in [0.1, 0.15) is 0 Å². The van der Waals surface area contributed by atoms with Gasteiger partial charge in [0.25, 0.3) is 6.71 Å². The Balaban J connectivity index is 1.19. The van der Waals surface area contributed by atoms with Gasteiger partial charge in [-0.3, -0.25) is 0 Å². The summed E-state index contributed by atoms with van der Waals surface area (Å²) < 4.78 is 0. The van der Waals surface area contributed by atoms with E-state index in [1.165, 1.54) is 102 Å². The molecular weight excluding hydrogens is 802 g/mol. The van der Waals surface area contributed by atoms with Crippen LogP contribution in [0.25, 0.3) is 0 Å². The van der Waals surface area contributed by atoms with Gasteiger partial charge in [-0.2, -0.15) is 0 Å². The van der Waals surface area contributed by atoms with Gasteiger partial charge >= 0.3 is 0 Å². The van der Waals surface area contributed by atoms with Gasteiger partial charge in [-0.15, -0.1) is 0 Å². The van der Waals surface area contributed by atoms with Crippen LogP contribution in [0.15, 0.2) is 146 Å². The zero-order valence-corrected chi connectivity index (χ0v) is 40.5. The summed E-state index contributed by atoms with van der Waals surface area (Å²) >= 11 is 0. The molecule has 7 aromatic carbocycles. The average molecular weight is 862 g/mol. The van der Waals surface area contributed by atoms with E-state index < -0.39 is 8.07 Å². The molecule has 4 aliphatic heterocycles. The zero-order chi connectivity index (χ0) is 44.4. The van der Waals surface area contributed by atoms with Crippen LogP contribution in [0.5, 0.6) is 0 Å². The van der Waals surface area contributed by atoms with Crippen LogP contribution in [0.2, 0.25) is 19.6 Å². The van der Waals surface area contributed by atoms with E-state index in [0.717, 1.165) is 25.7 Å². The molecule has 6 aliphatic rings. The van der Waals surface area contributed by atoms with Crippen LogP contribution in [-0.4, -0.2) is 20.3 Å². The first-order chi connectivity index (χ1) is 31.3. The first-order valence-corrected chi connectivity index (χ1v) is 28.0. The molecule has 2 aliphatic carbocycles. The highest BCUT2D eigenvalue weighted by molar-refractivity contribution is 7.01. The quantitative estimate of drug-likeness (QED) is 0.163. The molecule has 0 saturated heterocycles. The van der Waals surface area contributed by atoms with Crippen LogP contribution >= 0.6 is 0 Å². The summed E-state index contributed by atoms with van der Waals surface area (Å²) in [4.78, 5) is 8.41. The van der Waals surface area contributed by atoms with E-state index in [4.69, 9.17) is 0 Å². The van der Waals surface area contributed by atoms with E-state index >= 15 is 0 Å². The van der Waals surface area contributed by atoms with Gasteiger partial charge in [0, 0.05) is 50.6 Å². The molecule has 4 heterocycles. The van der Waals surface area contributed by atoms with E-state index in [1.807, 2.05) is 0 Å². The summed E-state index contributed by atoms with van der Waals surface area (Å²) in [5.41, 5.74) is 23.0. The number of fused-ring (bicyclic) bond motifs is 12. The highest BCUT2D eigenvalue weighted by Gasteiger charge is 2.65. The van der Waals surface area contributed by atoms with Gasteiger partial charge in [0.05, 0.1) is 19.2 Å². The van der Waals surface area contributed by atoms with Crippen molar-refractivity contribution in [3.05, 3.63) is 185 Å². The molecule has 4 unspecified atom stereocenters. The van der Waals surface area contributed by atoms with Crippen LogP contribution < -0.4 is 36.3 Å². The minimum absolute atomic E-state index is 0.0886. The molecule has 7 aromatic rings. The molecule has 0 amide bonds. The molecule has 65 heavy (non-hydrogen) atoms. The number of rotatable bonds is 4. The average Bonchev–Trinajstić information content (AvgIpc) is 3.68. The Hall–Kier alpha value is -5.78. The molecule has 1 saturated carbocycles. The lowest BCUT2D eigenvalue weighted by Gasteiger charge is -2.55. The van der Waals surface area contributed by atoms with Gasteiger partial charge < -0.3 is 14.7 Å². The number of para-hydroxylation sites is 1. The van der Waals surface area contributed by atoms with Crippen LogP contribution in [0.3, 0.4) is 0 Å². The Morgan fingerprint density at radius 3 is 2.02 bits per heavy atom. The van der Waals surface area contributed by atoms with Crippen molar-refractivity contribution in [2.75, 3.05) is 14.7 Å². The van der Waals surface area contributed by atoms with Gasteiger partial charge in [-0.1, -0.05) is 165 Å². The highest BCUT2D eigenvalue weighted by atomic mass is 28.3. The maximum absolute atomic E-state index is 2.96. The fraction of sp³-hybridized carbons (Fsp3) is 0.300. The molecule has 0 aromatic heterocycles. The van der Waals surface area contributed by atoms with E-state index in [9.17, 15) is 0 Å². The predicted molar refractivity (Wildman–Crippen MR) is 279 cm³/mol. The molecule has 0 bridgehead atoms. The summed E-state index contributed by atoms with van der Waals surface area (Å²) in [5.74, 6) is 0. The Morgan fingerprint density at radius 2 is 1.23 bits per heavy atom. The fourth-order valence-corrected chi connectivity index (χ4v) is 15.9. The number of benzene rings is 7. The standard InChI is InChI=1S/C60H60BN3Si/c1-39-24-27-43(28-25-39)62-52-29-26-40(2)34-49(52)61-50-38-45(65(6,7)8)37-48-56(50)64(58(4)31-16-17-32-60(48,58)42-19-10-9-11-20-42)54-36-44(35-53(62)55(54)61)63-51-23-15-14-22-47(51)57(3)33-30-41-18-12-13-21-46(41)59(57,63)5/h9-15,18-29,34-38H,16-17,30-33H2,1-8H3. The van der Waals surface area contributed by atoms with Gasteiger partial charge in [0.2, 0.25) is 0 Å². The third-order valence-corrected chi connectivity index (χ3v) is 20.0. The number of hydrogen-bond acceptors (Lipinski definition) is 3. The summed E-state index contributed by atoms with van der Waals surface area (Å²) in [6.07, 6.45) is 6.93. The van der Waals surface area contributed by atoms with Crippen molar-refractivity contribution in [3.8, 4) is 0 Å². The van der Waals surface area contributed by atoms with Crippen LogP contribution in [0.4, 0.5) is 39.8 Å². The molecule has 4 atom stereocenters. The summed E-state index contributed by atoms with van der Waals surface area (Å²) in [5, 5.41) is 1.57. The summed E-state index contributed by atoms with van der Waals surface area (Å²) in [7, 11) is -1.80. The third kappa shape index (κ3) is 4.88. The number of hydrogen-bond donors (Lipinski definition) is 0. The summed E-state index contributed by atoms with van der Waals surface area (Å²) in [6.45, 7) is 20.1. The Morgan fingerprint density at radius 1 is 0.538 bits per heavy atom. The van der Waals surface area contributed by atoms with Crippen LogP contribution in [0, 0.1) is 13.8 Å². The molecule has 0 radical (unpaired) electrons. The molecule has 13 rings (SSSR count). The minimum atomic E-state index is -1.80. The number of aryl methyl sites for hydroxylation is 3. The molecule has 322 valence electrons. The van der Waals surface area contributed by atoms with Crippen LogP contribution in [-0.2, 0) is 22.8 Å². The van der Waals surface area contributed by atoms with E-state index in [0.29, 0.717) is 0 Å².